The van der Waals surface area contributed by atoms with E-state index in [1.807, 2.05) is 24.3 Å². The highest BCUT2D eigenvalue weighted by Crippen LogP contribution is 2.43. The number of benzene rings is 1. The van der Waals surface area contributed by atoms with Crippen LogP contribution in [0.1, 0.15) is 53.6 Å². The molecule has 0 spiro atoms. The fourth-order valence-corrected chi connectivity index (χ4v) is 4.68. The number of carbonyl (C=O) groups is 1. The molecule has 1 unspecified atom stereocenters. The summed E-state index contributed by atoms with van der Waals surface area (Å²) in [4.78, 5) is 14.3. The molecular weight excluding hydrogens is 318 g/mol. The van der Waals surface area contributed by atoms with Crippen LogP contribution in [-0.2, 0) is 12.8 Å². The average Bonchev–Trinajstić information content (AvgIpc) is 2.88. The monoisotopic (exact) mass is 343 g/mol. The molecule has 1 aliphatic rings. The van der Waals surface area contributed by atoms with Crippen molar-refractivity contribution < 1.29 is 9.53 Å². The summed E-state index contributed by atoms with van der Waals surface area (Å²) in [6, 6.07) is 7.26. The second-order valence-corrected chi connectivity index (χ2v) is 8.74. The maximum atomic E-state index is 13.0. The lowest BCUT2D eigenvalue weighted by Crippen LogP contribution is -2.26. The van der Waals surface area contributed by atoms with E-state index in [9.17, 15) is 4.79 Å². The van der Waals surface area contributed by atoms with E-state index in [2.05, 4.69) is 20.8 Å². The Morgan fingerprint density at radius 1 is 1.25 bits per heavy atom. The van der Waals surface area contributed by atoms with Crippen LogP contribution in [0.25, 0.3) is 0 Å². The van der Waals surface area contributed by atoms with Crippen molar-refractivity contribution in [2.24, 2.45) is 11.3 Å². The van der Waals surface area contributed by atoms with Gasteiger partial charge < -0.3 is 10.5 Å². The van der Waals surface area contributed by atoms with E-state index in [0.29, 0.717) is 16.5 Å². The Morgan fingerprint density at radius 3 is 2.50 bits per heavy atom. The smallest absolute Gasteiger partial charge is 0.196 e. The summed E-state index contributed by atoms with van der Waals surface area (Å²) in [5.74, 6) is 1.42. The number of hydrogen-bond donors (Lipinski definition) is 1. The van der Waals surface area contributed by atoms with Crippen molar-refractivity contribution in [2.75, 3.05) is 12.8 Å². The van der Waals surface area contributed by atoms with Crippen LogP contribution >= 0.6 is 11.3 Å². The van der Waals surface area contributed by atoms with E-state index in [1.54, 1.807) is 18.4 Å². The Labute approximate surface area is 147 Å². The van der Waals surface area contributed by atoms with Gasteiger partial charge in [0.25, 0.3) is 0 Å². The zero-order chi connectivity index (χ0) is 17.5. The van der Waals surface area contributed by atoms with Crippen molar-refractivity contribution in [3.63, 3.8) is 0 Å². The molecule has 1 heterocycles. The number of anilines is 1. The quantitative estimate of drug-likeness (QED) is 0.820. The molecule has 128 valence electrons. The van der Waals surface area contributed by atoms with Crippen LogP contribution in [-0.4, -0.2) is 12.9 Å². The van der Waals surface area contributed by atoms with Gasteiger partial charge in [-0.25, -0.2) is 0 Å². The van der Waals surface area contributed by atoms with Crippen LogP contribution in [0.15, 0.2) is 24.3 Å². The molecular formula is C20H25NO2S. The van der Waals surface area contributed by atoms with Crippen molar-refractivity contribution in [2.45, 2.75) is 40.0 Å². The largest absolute Gasteiger partial charge is 0.497 e. The SMILES string of the molecule is COc1ccc(C(=O)c2c(N)sc3c2CCC(C(C)(C)C)C3)cc1. The fourth-order valence-electron chi connectivity index (χ4n) is 3.48. The van der Waals surface area contributed by atoms with Crippen molar-refractivity contribution in [1.29, 1.82) is 0 Å². The second kappa shape index (κ2) is 6.25. The molecule has 4 heteroatoms. The Balaban J connectivity index is 1.93. The number of carbonyl (C=O) groups excluding carboxylic acids is 1. The van der Waals surface area contributed by atoms with Gasteiger partial charge in [-0.2, -0.15) is 0 Å². The van der Waals surface area contributed by atoms with Gasteiger partial charge in [0.15, 0.2) is 5.78 Å². The molecule has 0 saturated heterocycles. The number of nitrogens with two attached hydrogens (primary N) is 1. The number of methoxy groups -OCH3 is 1. The standard InChI is InChI=1S/C20H25NO2S/c1-20(2,3)13-7-10-15-16(11-13)24-19(21)17(15)18(22)12-5-8-14(23-4)9-6-12/h5-6,8-9,13H,7,10-11,21H2,1-4H3. The van der Waals surface area contributed by atoms with Crippen LogP contribution in [0.4, 0.5) is 5.00 Å². The minimum Gasteiger partial charge on any atom is -0.497 e. The molecule has 1 aromatic heterocycles. The van der Waals surface area contributed by atoms with E-state index < -0.39 is 0 Å². The molecule has 0 bridgehead atoms. The summed E-state index contributed by atoms with van der Waals surface area (Å²) in [7, 11) is 1.62. The third-order valence-corrected chi connectivity index (χ3v) is 6.18. The highest BCUT2D eigenvalue weighted by Gasteiger charge is 2.33. The lowest BCUT2D eigenvalue weighted by Gasteiger charge is -2.33. The van der Waals surface area contributed by atoms with Crippen LogP contribution < -0.4 is 10.5 Å². The molecule has 1 aromatic carbocycles. The first-order valence-corrected chi connectivity index (χ1v) is 9.21. The molecule has 3 rings (SSSR count). The van der Waals surface area contributed by atoms with Crippen LogP contribution in [0.3, 0.4) is 0 Å². The highest BCUT2D eigenvalue weighted by molar-refractivity contribution is 7.16. The third-order valence-electron chi connectivity index (χ3n) is 5.10. The highest BCUT2D eigenvalue weighted by atomic mass is 32.1. The number of nitrogen functional groups attached to an aromatic ring is 1. The number of ether oxygens (including phenoxy) is 1. The molecule has 0 saturated carbocycles. The summed E-state index contributed by atoms with van der Waals surface area (Å²) in [6.45, 7) is 6.88. The minimum atomic E-state index is 0.0295. The van der Waals surface area contributed by atoms with E-state index in [-0.39, 0.29) is 11.2 Å². The summed E-state index contributed by atoms with van der Waals surface area (Å²) in [5.41, 5.74) is 9.11. The fraction of sp³-hybridized carbons (Fsp3) is 0.450. The van der Waals surface area contributed by atoms with Gasteiger partial charge in [0.1, 0.15) is 5.75 Å². The lowest BCUT2D eigenvalue weighted by molar-refractivity contribution is 0.103. The lowest BCUT2D eigenvalue weighted by atomic mass is 9.72. The predicted octanol–water partition coefficient (Wildman–Crippen LogP) is 4.72. The summed E-state index contributed by atoms with van der Waals surface area (Å²) >= 11 is 1.60. The molecule has 0 amide bonds. The maximum Gasteiger partial charge on any atom is 0.196 e. The van der Waals surface area contributed by atoms with Crippen molar-refractivity contribution in [1.82, 2.24) is 0 Å². The van der Waals surface area contributed by atoms with E-state index in [4.69, 9.17) is 10.5 Å². The first-order valence-electron chi connectivity index (χ1n) is 8.40. The van der Waals surface area contributed by atoms with Gasteiger partial charge in [-0.1, -0.05) is 20.8 Å². The van der Waals surface area contributed by atoms with E-state index in [1.165, 1.54) is 10.4 Å². The van der Waals surface area contributed by atoms with Gasteiger partial charge >= 0.3 is 0 Å². The molecule has 1 aliphatic carbocycles. The zero-order valence-electron chi connectivity index (χ0n) is 14.8. The first-order chi connectivity index (χ1) is 11.3. The Bertz CT molecular complexity index is 753. The van der Waals surface area contributed by atoms with Gasteiger partial charge in [0.2, 0.25) is 0 Å². The Hall–Kier alpha value is -1.81. The molecule has 3 nitrogen and oxygen atoms in total. The molecule has 0 fully saturated rings. The molecule has 2 N–H and O–H groups in total. The third kappa shape index (κ3) is 3.07. The van der Waals surface area contributed by atoms with Crippen molar-refractivity contribution in [3.05, 3.63) is 45.8 Å². The summed E-state index contributed by atoms with van der Waals surface area (Å²) < 4.78 is 5.16. The van der Waals surface area contributed by atoms with Crippen molar-refractivity contribution in [3.8, 4) is 5.75 Å². The normalized spacial score (nSPS) is 17.4. The molecule has 2 aromatic rings. The first kappa shape index (κ1) is 17.0. The number of fused-ring (bicyclic) bond motifs is 1. The Kier molecular flexibility index (Phi) is 4.43. The number of ketones is 1. The van der Waals surface area contributed by atoms with Crippen LogP contribution in [0.2, 0.25) is 0 Å². The van der Waals surface area contributed by atoms with Gasteiger partial charge in [0, 0.05) is 10.4 Å². The van der Waals surface area contributed by atoms with Gasteiger partial charge in [-0.05, 0) is 60.4 Å². The number of hydrogen-bond acceptors (Lipinski definition) is 4. The van der Waals surface area contributed by atoms with Gasteiger partial charge in [0.05, 0.1) is 17.7 Å². The molecule has 24 heavy (non-hydrogen) atoms. The average molecular weight is 343 g/mol. The van der Waals surface area contributed by atoms with Crippen LogP contribution in [0.5, 0.6) is 5.75 Å². The predicted molar refractivity (Wildman–Crippen MR) is 100 cm³/mol. The minimum absolute atomic E-state index is 0.0295. The zero-order valence-corrected chi connectivity index (χ0v) is 15.6. The molecule has 0 radical (unpaired) electrons. The summed E-state index contributed by atoms with van der Waals surface area (Å²) in [5, 5.41) is 0.662. The van der Waals surface area contributed by atoms with Crippen molar-refractivity contribution >= 4 is 22.1 Å². The Morgan fingerprint density at radius 2 is 1.92 bits per heavy atom. The number of thiophene rings is 1. The van der Waals surface area contributed by atoms with Crippen LogP contribution in [0, 0.1) is 11.3 Å². The molecule has 0 aliphatic heterocycles. The summed E-state index contributed by atoms with van der Waals surface area (Å²) in [6.07, 6.45) is 3.10. The topological polar surface area (TPSA) is 52.3 Å². The van der Waals surface area contributed by atoms with E-state index in [0.717, 1.165) is 30.6 Å². The molecule has 1 atom stereocenters. The second-order valence-electron chi connectivity index (χ2n) is 7.61. The number of rotatable bonds is 3. The van der Waals surface area contributed by atoms with Gasteiger partial charge in [-0.3, -0.25) is 4.79 Å². The van der Waals surface area contributed by atoms with E-state index >= 15 is 0 Å². The maximum absolute atomic E-state index is 13.0. The van der Waals surface area contributed by atoms with Gasteiger partial charge in [-0.15, -0.1) is 11.3 Å².